The third kappa shape index (κ3) is 4.09. The van der Waals surface area contributed by atoms with Crippen molar-refractivity contribution in [1.29, 1.82) is 0 Å². The Morgan fingerprint density at radius 3 is 2.59 bits per heavy atom. The van der Waals surface area contributed by atoms with E-state index in [2.05, 4.69) is 33.6 Å². The zero-order valence-electron chi connectivity index (χ0n) is 16.7. The first-order valence-corrected chi connectivity index (χ1v) is 10.8. The Balaban J connectivity index is 1.69. The average molecular weight is 414 g/mol. The largest absolute Gasteiger partial charge is 0.439 e. The molecule has 0 radical (unpaired) electrons. The van der Waals surface area contributed by atoms with Crippen LogP contribution < -0.4 is 9.46 Å². The summed E-state index contributed by atoms with van der Waals surface area (Å²) in [4.78, 5) is 8.80. The standard InChI is InChI=1S/C20H23N5O3S/c1-13-7-5-6-8-17(13)28-18-9-16(15-10-20(15,2)3)22-19(23-18)24-29(26,27)14-11-21-25(4)12-14/h5-9,11-12,15H,10H2,1-4H3,(H,22,23,24). The molecule has 2 heterocycles. The van der Waals surface area contributed by atoms with Crippen molar-refractivity contribution in [1.82, 2.24) is 19.7 Å². The van der Waals surface area contributed by atoms with Gasteiger partial charge < -0.3 is 4.74 Å². The lowest BCUT2D eigenvalue weighted by atomic mass is 10.1. The van der Waals surface area contributed by atoms with Crippen LogP contribution in [0, 0.1) is 12.3 Å². The second-order valence-electron chi connectivity index (χ2n) is 8.02. The highest BCUT2D eigenvalue weighted by Gasteiger charge is 2.48. The van der Waals surface area contributed by atoms with Gasteiger partial charge in [-0.05, 0) is 30.4 Å². The van der Waals surface area contributed by atoms with Gasteiger partial charge in [0.1, 0.15) is 10.6 Å². The van der Waals surface area contributed by atoms with Crippen LogP contribution in [-0.2, 0) is 17.1 Å². The Hall–Kier alpha value is -2.94. The summed E-state index contributed by atoms with van der Waals surface area (Å²) in [6, 6.07) is 9.37. The van der Waals surface area contributed by atoms with Gasteiger partial charge in [0.25, 0.3) is 10.0 Å². The van der Waals surface area contributed by atoms with Crippen molar-refractivity contribution in [2.75, 3.05) is 4.72 Å². The predicted octanol–water partition coefficient (Wildman–Crippen LogP) is 3.63. The summed E-state index contributed by atoms with van der Waals surface area (Å²) < 4.78 is 35.2. The quantitative estimate of drug-likeness (QED) is 0.663. The van der Waals surface area contributed by atoms with Crippen LogP contribution in [0.15, 0.2) is 47.6 Å². The molecule has 0 aliphatic heterocycles. The SMILES string of the molecule is Cc1ccccc1Oc1cc(C2CC2(C)C)nc(NS(=O)(=O)c2cnn(C)c2)n1. The molecule has 1 saturated carbocycles. The summed E-state index contributed by atoms with van der Waals surface area (Å²) in [6.45, 7) is 6.25. The fourth-order valence-corrected chi connectivity index (χ4v) is 4.12. The fourth-order valence-electron chi connectivity index (χ4n) is 3.19. The lowest BCUT2D eigenvalue weighted by molar-refractivity contribution is 0.457. The molecule has 1 N–H and O–H groups in total. The number of nitrogens with zero attached hydrogens (tertiary/aromatic N) is 4. The molecule has 1 unspecified atom stereocenters. The molecular formula is C20H23N5O3S. The summed E-state index contributed by atoms with van der Waals surface area (Å²) in [7, 11) is -2.20. The van der Waals surface area contributed by atoms with E-state index in [9.17, 15) is 8.42 Å². The number of hydrogen-bond donors (Lipinski definition) is 1. The maximum Gasteiger partial charge on any atom is 0.267 e. The molecule has 2 aromatic heterocycles. The molecule has 0 saturated heterocycles. The Labute approximate surface area is 170 Å². The number of ether oxygens (including phenoxy) is 1. The molecule has 9 heteroatoms. The second-order valence-corrected chi connectivity index (χ2v) is 9.71. The lowest BCUT2D eigenvalue weighted by Crippen LogP contribution is -2.15. The zero-order valence-corrected chi connectivity index (χ0v) is 17.6. The second kappa shape index (κ2) is 6.84. The molecule has 1 fully saturated rings. The summed E-state index contributed by atoms with van der Waals surface area (Å²) in [5, 5.41) is 3.91. The number of hydrogen-bond acceptors (Lipinski definition) is 6. The van der Waals surface area contributed by atoms with E-state index in [1.54, 1.807) is 13.1 Å². The summed E-state index contributed by atoms with van der Waals surface area (Å²) in [5.41, 5.74) is 1.84. The van der Waals surface area contributed by atoms with Gasteiger partial charge in [-0.2, -0.15) is 10.1 Å². The Bertz CT molecular complexity index is 1170. The van der Waals surface area contributed by atoms with E-state index in [4.69, 9.17) is 4.74 Å². The molecule has 1 aliphatic carbocycles. The Kier molecular flexibility index (Phi) is 4.57. The fraction of sp³-hybridized carbons (Fsp3) is 0.350. The van der Waals surface area contributed by atoms with Gasteiger partial charge in [-0.25, -0.2) is 18.1 Å². The molecule has 4 rings (SSSR count). The third-order valence-corrected chi connectivity index (χ3v) is 6.40. The summed E-state index contributed by atoms with van der Waals surface area (Å²) in [6.07, 6.45) is 3.67. The minimum atomic E-state index is -3.85. The number of aryl methyl sites for hydroxylation is 2. The Morgan fingerprint density at radius 2 is 1.97 bits per heavy atom. The molecule has 1 aromatic carbocycles. The van der Waals surface area contributed by atoms with Gasteiger partial charge in [0, 0.05) is 25.2 Å². The lowest BCUT2D eigenvalue weighted by Gasteiger charge is -2.12. The molecule has 8 nitrogen and oxygen atoms in total. The van der Waals surface area contributed by atoms with Crippen LogP contribution in [0.4, 0.5) is 5.95 Å². The number of aromatic nitrogens is 4. The monoisotopic (exact) mass is 413 g/mol. The maximum atomic E-state index is 12.7. The van der Waals surface area contributed by atoms with Crippen LogP contribution in [0.1, 0.15) is 37.4 Å². The molecule has 0 amide bonds. The molecule has 3 aromatic rings. The van der Waals surface area contributed by atoms with E-state index in [0.29, 0.717) is 11.6 Å². The zero-order chi connectivity index (χ0) is 20.8. The van der Waals surface area contributed by atoms with E-state index < -0.39 is 10.0 Å². The minimum Gasteiger partial charge on any atom is -0.439 e. The highest BCUT2D eigenvalue weighted by atomic mass is 32.2. The number of nitrogens with one attached hydrogen (secondary N) is 1. The minimum absolute atomic E-state index is 0.0161. The van der Waals surface area contributed by atoms with E-state index >= 15 is 0 Å². The van der Waals surface area contributed by atoms with Crippen molar-refractivity contribution in [3.8, 4) is 11.6 Å². The van der Waals surface area contributed by atoms with Gasteiger partial charge >= 0.3 is 0 Å². The maximum absolute atomic E-state index is 12.7. The van der Waals surface area contributed by atoms with Gasteiger partial charge in [0.05, 0.1) is 11.9 Å². The smallest absolute Gasteiger partial charge is 0.267 e. The Morgan fingerprint density at radius 1 is 1.24 bits per heavy atom. The number of anilines is 1. The van der Waals surface area contributed by atoms with E-state index in [0.717, 1.165) is 17.7 Å². The van der Waals surface area contributed by atoms with Gasteiger partial charge in [0.15, 0.2) is 0 Å². The third-order valence-electron chi connectivity index (χ3n) is 5.12. The van der Waals surface area contributed by atoms with Crippen molar-refractivity contribution in [2.45, 2.75) is 38.0 Å². The first-order chi connectivity index (χ1) is 13.6. The molecule has 0 spiro atoms. The first kappa shape index (κ1) is 19.4. The number of rotatable bonds is 6. The van der Waals surface area contributed by atoms with Crippen molar-refractivity contribution >= 4 is 16.0 Å². The molecule has 152 valence electrons. The van der Waals surface area contributed by atoms with Gasteiger partial charge in [-0.3, -0.25) is 4.68 Å². The summed E-state index contributed by atoms with van der Waals surface area (Å²) in [5.74, 6) is 1.17. The van der Waals surface area contributed by atoms with E-state index in [1.165, 1.54) is 17.1 Å². The molecule has 1 atom stereocenters. The van der Waals surface area contributed by atoms with Crippen molar-refractivity contribution < 1.29 is 13.2 Å². The average Bonchev–Trinajstić information content (AvgIpc) is 3.05. The van der Waals surface area contributed by atoms with Crippen LogP contribution >= 0.6 is 0 Å². The topological polar surface area (TPSA) is 99.0 Å². The number of para-hydroxylation sites is 1. The van der Waals surface area contributed by atoms with Crippen LogP contribution in [0.25, 0.3) is 0 Å². The van der Waals surface area contributed by atoms with Crippen LogP contribution in [0.2, 0.25) is 0 Å². The predicted molar refractivity (Wildman–Crippen MR) is 108 cm³/mol. The molecule has 0 bridgehead atoms. The number of benzene rings is 1. The van der Waals surface area contributed by atoms with E-state index in [1.807, 2.05) is 31.2 Å². The highest BCUT2D eigenvalue weighted by Crippen LogP contribution is 2.58. The van der Waals surface area contributed by atoms with Crippen molar-refractivity contribution in [2.24, 2.45) is 12.5 Å². The number of sulfonamides is 1. The van der Waals surface area contributed by atoms with Crippen molar-refractivity contribution in [3.05, 3.63) is 54.0 Å². The molecule has 29 heavy (non-hydrogen) atoms. The van der Waals surface area contributed by atoms with Crippen LogP contribution in [0.3, 0.4) is 0 Å². The van der Waals surface area contributed by atoms with Gasteiger partial charge in [0.2, 0.25) is 11.8 Å². The molecule has 1 aliphatic rings. The normalized spacial score (nSPS) is 17.7. The van der Waals surface area contributed by atoms with Crippen LogP contribution in [0.5, 0.6) is 11.6 Å². The first-order valence-electron chi connectivity index (χ1n) is 9.28. The van der Waals surface area contributed by atoms with E-state index in [-0.39, 0.29) is 22.2 Å². The van der Waals surface area contributed by atoms with Gasteiger partial charge in [-0.1, -0.05) is 32.0 Å². The van der Waals surface area contributed by atoms with Crippen molar-refractivity contribution in [3.63, 3.8) is 0 Å². The summed E-state index contributed by atoms with van der Waals surface area (Å²) >= 11 is 0. The van der Waals surface area contributed by atoms with Gasteiger partial charge in [-0.15, -0.1) is 0 Å². The molecular weight excluding hydrogens is 390 g/mol. The highest BCUT2D eigenvalue weighted by molar-refractivity contribution is 7.92. The van der Waals surface area contributed by atoms with Crippen LogP contribution in [-0.4, -0.2) is 28.2 Å².